The molecule has 5 rings (SSSR count). The van der Waals surface area contributed by atoms with Crippen molar-refractivity contribution < 1.29 is 0 Å². The van der Waals surface area contributed by atoms with E-state index in [2.05, 4.69) is 22.6 Å². The molecule has 5 aliphatic rings. The predicted molar refractivity (Wildman–Crippen MR) is 50.7 cm³/mol. The molecular weight excluding hydrogens is 258 g/mol. The molecule has 5 aliphatic carbocycles. The van der Waals surface area contributed by atoms with E-state index in [1.807, 2.05) is 0 Å². The van der Waals surface area contributed by atoms with Crippen LogP contribution in [0.5, 0.6) is 0 Å². The number of rotatable bonds is 1. The maximum atomic E-state index is 5.97. The highest BCUT2D eigenvalue weighted by atomic mass is 127. The second kappa shape index (κ2) is 1.54. The van der Waals surface area contributed by atoms with E-state index in [1.54, 1.807) is 0 Å². The molecule has 0 aromatic heterocycles. The largest absolute Gasteiger partial charge is 0.126 e. The molecule has 56 valence electrons. The number of hydrogen-bond donors (Lipinski definition) is 0. The molecule has 0 nitrogen and oxygen atoms in total. The van der Waals surface area contributed by atoms with Crippen molar-refractivity contribution in [1.29, 1.82) is 0 Å². The normalized spacial score (nSPS) is 69.0. The van der Waals surface area contributed by atoms with Gasteiger partial charge in [-0.1, -0.05) is 22.6 Å². The molecule has 5 fully saturated rings. The van der Waals surface area contributed by atoms with Gasteiger partial charge in [0.1, 0.15) is 0 Å². The summed E-state index contributed by atoms with van der Waals surface area (Å²) in [4.78, 5) is 0. The fraction of sp³-hybridized carbons (Fsp3) is 1.00. The van der Waals surface area contributed by atoms with Gasteiger partial charge in [-0.05, 0) is 36.5 Å². The zero-order valence-corrected chi connectivity index (χ0v) is 8.65. The van der Waals surface area contributed by atoms with Gasteiger partial charge in [-0.3, -0.25) is 0 Å². The first-order valence-corrected chi connectivity index (χ1v) is 5.60. The highest BCUT2D eigenvalue weighted by Crippen LogP contribution is 2.86. The van der Waals surface area contributed by atoms with Gasteiger partial charge in [-0.2, -0.15) is 0 Å². The van der Waals surface area contributed by atoms with Crippen LogP contribution in [-0.2, 0) is 0 Å². The van der Waals surface area contributed by atoms with Crippen LogP contribution in [0.2, 0.25) is 0 Å². The average molecular weight is 269 g/mol. The van der Waals surface area contributed by atoms with Gasteiger partial charge in [0.2, 0.25) is 0 Å². The Hall–Kier alpha value is 1.02. The lowest BCUT2D eigenvalue weighted by molar-refractivity contribution is -0.151. The minimum atomic E-state index is 0.656. The van der Waals surface area contributed by atoms with Crippen LogP contribution in [0.4, 0.5) is 0 Å². The molecule has 4 atom stereocenters. The standard InChI is InChI=1S/C8H10ClI/c9-4-7-3-8(10)5(7)1-2-6(7)8/h5-6H,1-4H2/t5-,6+,7?,8?. The number of hydrogen-bond acceptors (Lipinski definition) is 0. The highest BCUT2D eigenvalue weighted by Gasteiger charge is 2.83. The van der Waals surface area contributed by atoms with Crippen molar-refractivity contribution in [2.75, 3.05) is 5.88 Å². The second-order valence-corrected chi connectivity index (χ2v) is 6.43. The van der Waals surface area contributed by atoms with E-state index < -0.39 is 0 Å². The van der Waals surface area contributed by atoms with Crippen molar-refractivity contribution in [3.63, 3.8) is 0 Å². The Balaban J connectivity index is 2.00. The Morgan fingerprint density at radius 1 is 1.40 bits per heavy atom. The lowest BCUT2D eigenvalue weighted by Crippen LogP contribution is -2.75. The fourth-order valence-corrected chi connectivity index (χ4v) is 6.74. The Labute approximate surface area is 79.8 Å². The summed E-state index contributed by atoms with van der Waals surface area (Å²) in [5, 5.41) is 0. The summed E-state index contributed by atoms with van der Waals surface area (Å²) in [5.74, 6) is 2.97. The first-order valence-electron chi connectivity index (χ1n) is 3.99. The molecule has 10 heavy (non-hydrogen) atoms. The first kappa shape index (κ1) is 6.53. The molecule has 0 radical (unpaired) electrons. The second-order valence-electron chi connectivity index (χ2n) is 4.15. The van der Waals surface area contributed by atoms with Gasteiger partial charge in [-0.25, -0.2) is 0 Å². The molecule has 0 aromatic rings. The number of alkyl halides is 2. The van der Waals surface area contributed by atoms with Gasteiger partial charge in [0.05, 0.1) is 0 Å². The van der Waals surface area contributed by atoms with Gasteiger partial charge >= 0.3 is 0 Å². The molecule has 5 saturated carbocycles. The SMILES string of the molecule is ClCC12CC3(I)[C@H]1CC[C@@H]32. The molecular formula is C8H10ClI. The minimum absolute atomic E-state index is 0.656. The zero-order valence-electron chi connectivity index (χ0n) is 5.74. The van der Waals surface area contributed by atoms with Crippen molar-refractivity contribution in [3.05, 3.63) is 0 Å². The minimum Gasteiger partial charge on any atom is -0.126 e. The van der Waals surface area contributed by atoms with Crippen molar-refractivity contribution in [3.8, 4) is 0 Å². The van der Waals surface area contributed by atoms with Crippen LogP contribution in [0, 0.1) is 17.3 Å². The topological polar surface area (TPSA) is 0 Å². The molecule has 0 heterocycles. The summed E-state index contributed by atoms with van der Waals surface area (Å²) in [5.41, 5.74) is 0.656. The molecule has 2 unspecified atom stereocenters. The lowest BCUT2D eigenvalue weighted by Gasteiger charge is -2.75. The number of halogens is 2. The summed E-state index contributed by atoms with van der Waals surface area (Å²) < 4.78 is 0.743. The monoisotopic (exact) mass is 268 g/mol. The maximum Gasteiger partial charge on any atom is 0.0296 e. The summed E-state index contributed by atoms with van der Waals surface area (Å²) in [6.07, 6.45) is 4.38. The number of fused-ring (bicyclic) bond motifs is 1. The smallest absolute Gasteiger partial charge is 0.0296 e. The van der Waals surface area contributed by atoms with Crippen LogP contribution in [0.15, 0.2) is 0 Å². The Morgan fingerprint density at radius 2 is 2.00 bits per heavy atom. The average Bonchev–Trinajstić information content (AvgIpc) is 2.36. The van der Waals surface area contributed by atoms with Crippen molar-refractivity contribution in [1.82, 2.24) is 0 Å². The van der Waals surface area contributed by atoms with Crippen molar-refractivity contribution >= 4 is 34.2 Å². The van der Waals surface area contributed by atoms with E-state index in [1.165, 1.54) is 19.3 Å². The summed E-state index contributed by atoms with van der Waals surface area (Å²) in [6.45, 7) is 0. The summed E-state index contributed by atoms with van der Waals surface area (Å²) >= 11 is 8.65. The molecule has 0 saturated heterocycles. The van der Waals surface area contributed by atoms with Crippen LogP contribution in [0.1, 0.15) is 19.3 Å². The summed E-state index contributed by atoms with van der Waals surface area (Å²) in [6, 6.07) is 0. The Kier molecular flexibility index (Phi) is 1.00. The van der Waals surface area contributed by atoms with Crippen LogP contribution in [0.3, 0.4) is 0 Å². The van der Waals surface area contributed by atoms with Crippen molar-refractivity contribution in [2.45, 2.75) is 22.7 Å². The van der Waals surface area contributed by atoms with Gasteiger partial charge in [-0.15, -0.1) is 11.6 Å². The van der Waals surface area contributed by atoms with Crippen LogP contribution in [0.25, 0.3) is 0 Å². The lowest BCUT2D eigenvalue weighted by atomic mass is 9.36. The third-order valence-corrected chi connectivity index (χ3v) is 6.52. The molecule has 0 N–H and O–H groups in total. The maximum absolute atomic E-state index is 5.97. The van der Waals surface area contributed by atoms with Crippen LogP contribution < -0.4 is 0 Å². The van der Waals surface area contributed by atoms with Gasteiger partial charge < -0.3 is 0 Å². The van der Waals surface area contributed by atoms with E-state index in [9.17, 15) is 0 Å². The van der Waals surface area contributed by atoms with E-state index >= 15 is 0 Å². The summed E-state index contributed by atoms with van der Waals surface area (Å²) in [7, 11) is 0. The van der Waals surface area contributed by atoms with Crippen LogP contribution >= 0.6 is 34.2 Å². The van der Waals surface area contributed by atoms with Crippen molar-refractivity contribution in [2.24, 2.45) is 17.3 Å². The molecule has 2 heteroatoms. The van der Waals surface area contributed by atoms with Gasteiger partial charge in [0, 0.05) is 9.30 Å². The molecule has 0 aliphatic heterocycles. The highest BCUT2D eigenvalue weighted by molar-refractivity contribution is 14.1. The Morgan fingerprint density at radius 3 is 2.30 bits per heavy atom. The third-order valence-electron chi connectivity index (χ3n) is 4.14. The van der Waals surface area contributed by atoms with E-state index in [0.29, 0.717) is 5.41 Å². The Bertz CT molecular complexity index is 189. The molecule has 4 bridgehead atoms. The van der Waals surface area contributed by atoms with Gasteiger partial charge in [0.25, 0.3) is 0 Å². The predicted octanol–water partition coefficient (Wildman–Crippen LogP) is 2.83. The van der Waals surface area contributed by atoms with Crippen LogP contribution in [-0.4, -0.2) is 9.30 Å². The first-order chi connectivity index (χ1) is 4.74. The van der Waals surface area contributed by atoms with E-state index in [4.69, 9.17) is 11.6 Å². The third kappa shape index (κ3) is 0.381. The quantitative estimate of drug-likeness (QED) is 0.507. The zero-order chi connectivity index (χ0) is 6.98. The molecule has 0 spiro atoms. The fourth-order valence-electron chi connectivity index (χ4n) is 3.70. The molecule has 0 amide bonds. The van der Waals surface area contributed by atoms with Gasteiger partial charge in [0.15, 0.2) is 0 Å². The molecule has 0 aromatic carbocycles. The van der Waals surface area contributed by atoms with E-state index in [0.717, 1.165) is 21.1 Å². The van der Waals surface area contributed by atoms with E-state index in [-0.39, 0.29) is 0 Å².